The topological polar surface area (TPSA) is 112 Å². The Morgan fingerprint density at radius 1 is 1.50 bits per heavy atom. The van der Waals surface area contributed by atoms with Crippen LogP contribution >= 0.6 is 0 Å². The number of ether oxygens (including phenoxy) is 1. The van der Waals surface area contributed by atoms with Crippen molar-refractivity contribution in [3.63, 3.8) is 0 Å². The molecule has 1 amide bonds. The van der Waals surface area contributed by atoms with Crippen molar-refractivity contribution in [1.29, 1.82) is 0 Å². The van der Waals surface area contributed by atoms with Gasteiger partial charge in [-0.05, 0) is 24.4 Å². The summed E-state index contributed by atoms with van der Waals surface area (Å²) in [4.78, 5) is 11.9. The lowest BCUT2D eigenvalue weighted by atomic mass is 9.86. The SMILES string of the molecule is C[C@H]1CCOC[C@@H]1n1cc(C(N)=O)c(Nc2cc3c(cc2F)OB(O)C=C3)n1. The van der Waals surface area contributed by atoms with E-state index in [0.29, 0.717) is 24.7 Å². The van der Waals surface area contributed by atoms with Crippen molar-refractivity contribution in [3.8, 4) is 5.75 Å². The minimum Gasteiger partial charge on any atom is -0.532 e. The number of halogens is 1. The fraction of sp³-hybridized carbons (Fsp3) is 0.333. The summed E-state index contributed by atoms with van der Waals surface area (Å²) in [6.45, 7) is 3.27. The second-order valence-corrected chi connectivity index (χ2v) is 7.01. The highest BCUT2D eigenvalue weighted by atomic mass is 19.1. The Morgan fingerprint density at radius 2 is 2.32 bits per heavy atom. The maximum Gasteiger partial charge on any atom is 0.552 e. The van der Waals surface area contributed by atoms with Gasteiger partial charge in [0.25, 0.3) is 5.91 Å². The molecule has 0 unspecified atom stereocenters. The minimum atomic E-state index is -1.11. The van der Waals surface area contributed by atoms with Crippen LogP contribution in [0.15, 0.2) is 24.3 Å². The predicted molar refractivity (Wildman–Crippen MR) is 102 cm³/mol. The summed E-state index contributed by atoms with van der Waals surface area (Å²) >= 11 is 0. The normalized spacial score (nSPS) is 21.2. The van der Waals surface area contributed by atoms with E-state index >= 15 is 0 Å². The number of benzene rings is 1. The van der Waals surface area contributed by atoms with E-state index in [4.69, 9.17) is 15.1 Å². The van der Waals surface area contributed by atoms with E-state index < -0.39 is 18.8 Å². The number of nitrogens with two attached hydrogens (primary N) is 1. The predicted octanol–water partition coefficient (Wildman–Crippen LogP) is 1.89. The molecule has 2 aromatic rings. The van der Waals surface area contributed by atoms with Gasteiger partial charge in [-0.3, -0.25) is 9.48 Å². The molecule has 8 nitrogen and oxygen atoms in total. The molecule has 2 atom stereocenters. The molecule has 1 aromatic carbocycles. The summed E-state index contributed by atoms with van der Waals surface area (Å²) in [5.74, 6) is 0.884. The molecule has 1 aromatic heterocycles. The van der Waals surface area contributed by atoms with Crippen molar-refractivity contribution in [3.05, 3.63) is 41.2 Å². The van der Waals surface area contributed by atoms with Gasteiger partial charge in [0.1, 0.15) is 17.1 Å². The van der Waals surface area contributed by atoms with E-state index in [-0.39, 0.29) is 28.9 Å². The first-order valence-electron chi connectivity index (χ1n) is 9.02. The first-order chi connectivity index (χ1) is 13.4. The van der Waals surface area contributed by atoms with Crippen molar-refractivity contribution in [2.45, 2.75) is 19.4 Å². The lowest BCUT2D eigenvalue weighted by molar-refractivity contribution is 0.0238. The van der Waals surface area contributed by atoms with Crippen LogP contribution in [0.25, 0.3) is 6.08 Å². The molecule has 2 aliphatic rings. The van der Waals surface area contributed by atoms with Crippen LogP contribution in [-0.2, 0) is 4.74 Å². The number of nitrogens with one attached hydrogen (secondary N) is 1. The van der Waals surface area contributed by atoms with Gasteiger partial charge in [0.15, 0.2) is 5.82 Å². The summed E-state index contributed by atoms with van der Waals surface area (Å²) in [7, 11) is -1.11. The van der Waals surface area contributed by atoms with Crippen molar-refractivity contribution in [2.24, 2.45) is 11.7 Å². The van der Waals surface area contributed by atoms with Crippen molar-refractivity contribution >= 4 is 30.6 Å². The van der Waals surface area contributed by atoms with Crippen LogP contribution in [0.5, 0.6) is 5.75 Å². The van der Waals surface area contributed by atoms with E-state index in [1.165, 1.54) is 18.1 Å². The number of carbonyl (C=O) groups excluding carboxylic acids is 1. The maximum atomic E-state index is 14.5. The second-order valence-electron chi connectivity index (χ2n) is 7.01. The monoisotopic (exact) mass is 386 g/mol. The van der Waals surface area contributed by atoms with Gasteiger partial charge < -0.3 is 25.5 Å². The molecular weight excluding hydrogens is 366 g/mol. The van der Waals surface area contributed by atoms with E-state index in [2.05, 4.69) is 17.3 Å². The van der Waals surface area contributed by atoms with Crippen LogP contribution in [0.1, 0.15) is 35.3 Å². The number of rotatable bonds is 4. The molecule has 0 saturated carbocycles. The summed E-state index contributed by atoms with van der Waals surface area (Å²) in [6, 6.07) is 2.65. The first kappa shape index (κ1) is 18.5. The molecule has 4 rings (SSSR count). The van der Waals surface area contributed by atoms with Crippen LogP contribution in [0, 0.1) is 11.7 Å². The van der Waals surface area contributed by atoms with Gasteiger partial charge in [-0.1, -0.05) is 13.0 Å². The average molecular weight is 386 g/mol. The molecule has 28 heavy (non-hydrogen) atoms. The van der Waals surface area contributed by atoms with E-state index in [9.17, 15) is 14.2 Å². The minimum absolute atomic E-state index is 0.0337. The van der Waals surface area contributed by atoms with Gasteiger partial charge in [0, 0.05) is 24.4 Å². The number of amides is 1. The Bertz CT molecular complexity index is 948. The van der Waals surface area contributed by atoms with Gasteiger partial charge in [-0.15, -0.1) is 0 Å². The number of primary amides is 1. The van der Waals surface area contributed by atoms with Crippen molar-refractivity contribution in [2.75, 3.05) is 18.5 Å². The van der Waals surface area contributed by atoms with Gasteiger partial charge in [0.05, 0.1) is 18.3 Å². The molecule has 10 heteroatoms. The van der Waals surface area contributed by atoms with Crippen LogP contribution in [0.4, 0.5) is 15.9 Å². The maximum absolute atomic E-state index is 14.5. The smallest absolute Gasteiger partial charge is 0.532 e. The quantitative estimate of drug-likeness (QED) is 0.692. The number of hydrogen-bond acceptors (Lipinski definition) is 6. The largest absolute Gasteiger partial charge is 0.552 e. The Kier molecular flexibility index (Phi) is 4.82. The fourth-order valence-electron chi connectivity index (χ4n) is 3.38. The van der Waals surface area contributed by atoms with Gasteiger partial charge in [-0.2, -0.15) is 5.10 Å². The average Bonchev–Trinajstić information content (AvgIpc) is 3.07. The number of fused-ring (bicyclic) bond motifs is 1. The standard InChI is InChI=1S/C18H20BFN4O4/c1-10-3-5-27-9-15(10)24-8-12(17(21)25)18(23-24)22-14-6-11-2-4-19(26)28-16(11)7-13(14)20/h2,4,6-8,10,15,26H,3,5,9H2,1H3,(H2,21,25)(H,22,23)/t10-,15-/m0/s1. The number of hydrogen-bond donors (Lipinski definition) is 3. The third-order valence-electron chi connectivity index (χ3n) is 5.04. The zero-order valence-electron chi connectivity index (χ0n) is 15.3. The van der Waals surface area contributed by atoms with Crippen molar-refractivity contribution in [1.82, 2.24) is 9.78 Å². The summed E-state index contributed by atoms with van der Waals surface area (Å²) in [6.07, 6.45) is 4.08. The molecule has 2 aliphatic heterocycles. The molecule has 1 fully saturated rings. The van der Waals surface area contributed by atoms with E-state index in [1.54, 1.807) is 17.0 Å². The molecule has 0 aliphatic carbocycles. The van der Waals surface area contributed by atoms with Crippen LogP contribution in [0.3, 0.4) is 0 Å². The van der Waals surface area contributed by atoms with E-state index in [1.807, 2.05) is 0 Å². The first-order valence-corrected chi connectivity index (χ1v) is 9.02. The van der Waals surface area contributed by atoms with Crippen LogP contribution in [-0.4, -0.2) is 41.0 Å². The summed E-state index contributed by atoms with van der Waals surface area (Å²) in [5.41, 5.74) is 6.36. The highest BCUT2D eigenvalue weighted by molar-refractivity contribution is 6.51. The zero-order chi connectivity index (χ0) is 19.8. The number of nitrogens with zero attached hydrogens (tertiary/aromatic N) is 2. The lowest BCUT2D eigenvalue weighted by Crippen LogP contribution is -2.28. The van der Waals surface area contributed by atoms with Crippen LogP contribution < -0.4 is 15.7 Å². The lowest BCUT2D eigenvalue weighted by Gasteiger charge is -2.28. The van der Waals surface area contributed by atoms with Gasteiger partial charge >= 0.3 is 7.12 Å². The highest BCUT2D eigenvalue weighted by Crippen LogP contribution is 2.33. The molecule has 1 saturated heterocycles. The Morgan fingerprint density at radius 3 is 3.07 bits per heavy atom. The number of aromatic nitrogens is 2. The van der Waals surface area contributed by atoms with Gasteiger partial charge in [0.2, 0.25) is 0 Å². The summed E-state index contributed by atoms with van der Waals surface area (Å²) in [5, 5.41) is 16.8. The number of carbonyl (C=O) groups is 1. The van der Waals surface area contributed by atoms with Crippen molar-refractivity contribution < 1.29 is 23.6 Å². The third kappa shape index (κ3) is 3.48. The second kappa shape index (κ2) is 7.29. The van der Waals surface area contributed by atoms with E-state index in [0.717, 1.165) is 6.42 Å². The molecule has 4 N–H and O–H groups in total. The fourth-order valence-corrected chi connectivity index (χ4v) is 3.38. The third-order valence-corrected chi connectivity index (χ3v) is 5.04. The summed E-state index contributed by atoms with van der Waals surface area (Å²) < 4.78 is 26.9. The Hall–Kier alpha value is -2.85. The van der Waals surface area contributed by atoms with Crippen LogP contribution in [0.2, 0.25) is 0 Å². The molecule has 0 spiro atoms. The zero-order valence-corrected chi connectivity index (χ0v) is 15.3. The Balaban J connectivity index is 1.67. The molecule has 0 bridgehead atoms. The molecule has 3 heterocycles. The molecular formula is C18H20BFN4O4. The molecule has 0 radical (unpaired) electrons. The Labute approximate surface area is 161 Å². The molecule has 146 valence electrons. The number of anilines is 2. The highest BCUT2D eigenvalue weighted by Gasteiger charge is 2.27. The van der Waals surface area contributed by atoms with Gasteiger partial charge in [-0.25, -0.2) is 4.39 Å².